The molecule has 1 aliphatic carbocycles. The fraction of sp³-hybridized carbons (Fsp3) is 0.381. The van der Waals surface area contributed by atoms with Gasteiger partial charge in [0.25, 0.3) is 0 Å². The molecule has 6 heteroatoms. The number of aromatic nitrogens is 1. The summed E-state index contributed by atoms with van der Waals surface area (Å²) in [5.41, 5.74) is 2.79. The highest BCUT2D eigenvalue weighted by atomic mass is 16.2. The molecule has 2 unspecified atom stereocenters. The molecule has 4 rings (SSSR count). The molecule has 140 valence electrons. The fourth-order valence-corrected chi connectivity index (χ4v) is 3.55. The van der Waals surface area contributed by atoms with Crippen LogP contribution in [0.1, 0.15) is 25.0 Å². The molecule has 2 atom stereocenters. The highest BCUT2D eigenvalue weighted by molar-refractivity contribution is 5.99. The van der Waals surface area contributed by atoms with E-state index in [0.717, 1.165) is 24.5 Å². The van der Waals surface area contributed by atoms with Gasteiger partial charge in [-0.05, 0) is 55.7 Å². The Kier molecular flexibility index (Phi) is 5.05. The van der Waals surface area contributed by atoms with E-state index in [2.05, 4.69) is 20.5 Å². The standard InChI is InChI=1S/C21H24N4O2/c26-20(23-14-16-5-1-2-10-22-16)18-13-19(18)21(27)24-15-6-8-17(9-7-15)25-11-3-4-12-25/h1-2,5-10,18-19H,3-4,11-14H2,(H,23,26)(H,24,27). The van der Waals surface area contributed by atoms with Gasteiger partial charge in [-0.15, -0.1) is 0 Å². The van der Waals surface area contributed by atoms with Gasteiger partial charge in [-0.1, -0.05) is 6.07 Å². The number of carbonyl (C=O) groups excluding carboxylic acids is 2. The molecule has 2 N–H and O–H groups in total. The van der Waals surface area contributed by atoms with Crippen molar-refractivity contribution in [2.24, 2.45) is 11.8 Å². The molecule has 6 nitrogen and oxygen atoms in total. The smallest absolute Gasteiger partial charge is 0.228 e. The monoisotopic (exact) mass is 364 g/mol. The van der Waals surface area contributed by atoms with Crippen LogP contribution in [0, 0.1) is 11.8 Å². The van der Waals surface area contributed by atoms with Crippen molar-refractivity contribution in [3.63, 3.8) is 0 Å². The summed E-state index contributed by atoms with van der Waals surface area (Å²) < 4.78 is 0. The van der Waals surface area contributed by atoms with Crippen LogP contribution in [0.4, 0.5) is 11.4 Å². The van der Waals surface area contributed by atoms with E-state index in [1.807, 2.05) is 42.5 Å². The zero-order valence-electron chi connectivity index (χ0n) is 15.2. The summed E-state index contributed by atoms with van der Waals surface area (Å²) in [6.07, 6.45) is 4.78. The van der Waals surface area contributed by atoms with Crippen molar-refractivity contribution in [1.29, 1.82) is 0 Å². The summed E-state index contributed by atoms with van der Waals surface area (Å²) in [6, 6.07) is 13.5. The van der Waals surface area contributed by atoms with Gasteiger partial charge in [0.15, 0.2) is 0 Å². The van der Waals surface area contributed by atoms with Crippen molar-refractivity contribution in [2.75, 3.05) is 23.3 Å². The molecular weight excluding hydrogens is 340 g/mol. The van der Waals surface area contributed by atoms with E-state index in [1.165, 1.54) is 18.5 Å². The molecule has 0 bridgehead atoms. The second-order valence-electron chi connectivity index (χ2n) is 7.22. The van der Waals surface area contributed by atoms with Crippen LogP contribution in [0.3, 0.4) is 0 Å². The Balaban J connectivity index is 1.25. The van der Waals surface area contributed by atoms with Crippen LogP contribution >= 0.6 is 0 Å². The molecule has 0 spiro atoms. The lowest BCUT2D eigenvalue weighted by Gasteiger charge is -2.17. The lowest BCUT2D eigenvalue weighted by Crippen LogP contribution is -2.27. The maximum Gasteiger partial charge on any atom is 0.228 e. The Morgan fingerprint density at radius 2 is 1.74 bits per heavy atom. The largest absolute Gasteiger partial charge is 0.372 e. The molecule has 1 aromatic heterocycles. The Hall–Kier alpha value is -2.89. The molecular formula is C21H24N4O2. The van der Waals surface area contributed by atoms with E-state index in [0.29, 0.717) is 13.0 Å². The molecule has 2 fully saturated rings. The van der Waals surface area contributed by atoms with Crippen molar-refractivity contribution in [3.05, 3.63) is 54.4 Å². The van der Waals surface area contributed by atoms with Gasteiger partial charge in [-0.25, -0.2) is 0 Å². The number of carbonyl (C=O) groups is 2. The number of benzene rings is 1. The van der Waals surface area contributed by atoms with Gasteiger partial charge < -0.3 is 15.5 Å². The minimum absolute atomic E-state index is 0.0785. The summed E-state index contributed by atoms with van der Waals surface area (Å²) in [5, 5.41) is 5.79. The van der Waals surface area contributed by atoms with E-state index in [4.69, 9.17) is 0 Å². The molecule has 2 heterocycles. The third-order valence-corrected chi connectivity index (χ3v) is 5.24. The van der Waals surface area contributed by atoms with Gasteiger partial charge in [-0.2, -0.15) is 0 Å². The number of nitrogens with zero attached hydrogens (tertiary/aromatic N) is 2. The van der Waals surface area contributed by atoms with Crippen molar-refractivity contribution < 1.29 is 9.59 Å². The van der Waals surface area contributed by atoms with Crippen LogP contribution < -0.4 is 15.5 Å². The highest BCUT2D eigenvalue weighted by Crippen LogP contribution is 2.39. The lowest BCUT2D eigenvalue weighted by atomic mass is 10.2. The van der Waals surface area contributed by atoms with Crippen molar-refractivity contribution in [2.45, 2.75) is 25.8 Å². The van der Waals surface area contributed by atoms with Crippen LogP contribution in [0.25, 0.3) is 0 Å². The molecule has 27 heavy (non-hydrogen) atoms. The molecule has 1 saturated carbocycles. The highest BCUT2D eigenvalue weighted by Gasteiger charge is 2.47. The second kappa shape index (κ2) is 7.78. The second-order valence-corrected chi connectivity index (χ2v) is 7.22. The quantitative estimate of drug-likeness (QED) is 0.826. The van der Waals surface area contributed by atoms with Crippen LogP contribution in [0.2, 0.25) is 0 Å². The SMILES string of the molecule is O=C(NCc1ccccn1)C1CC1C(=O)Nc1ccc(N2CCCC2)cc1. The van der Waals surface area contributed by atoms with E-state index >= 15 is 0 Å². The van der Waals surface area contributed by atoms with E-state index in [-0.39, 0.29) is 23.7 Å². The molecule has 2 amide bonds. The first-order chi connectivity index (χ1) is 13.2. The molecule has 1 saturated heterocycles. The Bertz CT molecular complexity index is 801. The number of hydrogen-bond acceptors (Lipinski definition) is 4. The average Bonchev–Trinajstić information content (AvgIpc) is 3.33. The van der Waals surface area contributed by atoms with Gasteiger partial charge >= 0.3 is 0 Å². The summed E-state index contributed by atoms with van der Waals surface area (Å²) >= 11 is 0. The zero-order valence-corrected chi connectivity index (χ0v) is 15.2. The Labute approximate surface area is 159 Å². The molecule has 0 radical (unpaired) electrons. The van der Waals surface area contributed by atoms with Gasteiger partial charge in [-0.3, -0.25) is 14.6 Å². The predicted molar refractivity (Wildman–Crippen MR) is 104 cm³/mol. The minimum atomic E-state index is -0.244. The van der Waals surface area contributed by atoms with Crippen molar-refractivity contribution in [3.8, 4) is 0 Å². The van der Waals surface area contributed by atoms with Crippen LogP contribution in [-0.2, 0) is 16.1 Å². The number of hydrogen-bond donors (Lipinski definition) is 2. The first-order valence-electron chi connectivity index (χ1n) is 9.54. The Morgan fingerprint density at radius 1 is 1.00 bits per heavy atom. The number of rotatable bonds is 6. The number of nitrogens with one attached hydrogen (secondary N) is 2. The number of pyridine rings is 1. The van der Waals surface area contributed by atoms with Crippen LogP contribution in [-0.4, -0.2) is 29.9 Å². The molecule has 2 aliphatic rings. The van der Waals surface area contributed by atoms with Crippen LogP contribution in [0.15, 0.2) is 48.7 Å². The summed E-state index contributed by atoms with van der Waals surface area (Å²) in [6.45, 7) is 2.59. The maximum absolute atomic E-state index is 12.4. The summed E-state index contributed by atoms with van der Waals surface area (Å²) in [7, 11) is 0. The van der Waals surface area contributed by atoms with Gasteiger partial charge in [0.2, 0.25) is 11.8 Å². The van der Waals surface area contributed by atoms with E-state index < -0.39 is 0 Å². The van der Waals surface area contributed by atoms with E-state index in [9.17, 15) is 9.59 Å². The Morgan fingerprint density at radius 3 is 2.44 bits per heavy atom. The minimum Gasteiger partial charge on any atom is -0.372 e. The first kappa shape index (κ1) is 17.5. The van der Waals surface area contributed by atoms with Crippen LogP contribution in [0.5, 0.6) is 0 Å². The third-order valence-electron chi connectivity index (χ3n) is 5.24. The normalized spacial score (nSPS) is 21.0. The number of amides is 2. The van der Waals surface area contributed by atoms with E-state index in [1.54, 1.807) is 6.20 Å². The van der Waals surface area contributed by atoms with Gasteiger partial charge in [0.1, 0.15) is 0 Å². The first-order valence-corrected chi connectivity index (χ1v) is 9.54. The topological polar surface area (TPSA) is 74.3 Å². The zero-order chi connectivity index (χ0) is 18.6. The predicted octanol–water partition coefficient (Wildman–Crippen LogP) is 2.57. The maximum atomic E-state index is 12.4. The van der Waals surface area contributed by atoms with Crippen molar-refractivity contribution >= 4 is 23.2 Å². The molecule has 1 aliphatic heterocycles. The van der Waals surface area contributed by atoms with Crippen molar-refractivity contribution in [1.82, 2.24) is 10.3 Å². The van der Waals surface area contributed by atoms with Gasteiger partial charge in [0, 0.05) is 30.7 Å². The molecule has 1 aromatic carbocycles. The third kappa shape index (κ3) is 4.27. The average molecular weight is 364 g/mol. The number of anilines is 2. The fourth-order valence-electron chi connectivity index (χ4n) is 3.55. The lowest BCUT2D eigenvalue weighted by molar-refractivity contribution is -0.125. The molecule has 2 aromatic rings. The summed E-state index contributed by atoms with van der Waals surface area (Å²) in [5.74, 6) is -0.642. The van der Waals surface area contributed by atoms with Gasteiger partial charge in [0.05, 0.1) is 24.1 Å². The summed E-state index contributed by atoms with van der Waals surface area (Å²) in [4.78, 5) is 31.1.